The molecule has 5 aromatic rings. The number of nitrogens with one attached hydrogen (secondary N) is 1. The highest BCUT2D eigenvalue weighted by molar-refractivity contribution is 6.06. The zero-order chi connectivity index (χ0) is 43.9. The normalized spacial score (nSPS) is 23.9. The van der Waals surface area contributed by atoms with Crippen LogP contribution in [0.2, 0.25) is 0 Å². The second-order valence-corrected chi connectivity index (χ2v) is 17.5. The number of urea groups is 1. The molecule has 0 radical (unpaired) electrons. The van der Waals surface area contributed by atoms with Crippen molar-refractivity contribution in [1.82, 2.24) is 34.9 Å². The van der Waals surface area contributed by atoms with Gasteiger partial charge in [0.1, 0.15) is 23.7 Å². The second kappa shape index (κ2) is 17.6. The summed E-state index contributed by atoms with van der Waals surface area (Å²) in [6, 6.07) is 17.7. The number of morpholine rings is 1. The molecule has 4 saturated heterocycles. The summed E-state index contributed by atoms with van der Waals surface area (Å²) in [6.45, 7) is 10.2. The Morgan fingerprint density at radius 1 is 0.984 bits per heavy atom. The molecule has 0 unspecified atom stereocenters. The number of halogens is 1. The number of phenolic OH excluding ortho intramolecular Hbond substituents is 1. The largest absolute Gasteiger partial charge is 0.507 e. The highest BCUT2D eigenvalue weighted by Gasteiger charge is 2.36. The summed E-state index contributed by atoms with van der Waals surface area (Å²) in [5.74, 6) is 0.500. The fraction of sp³-hybridized carbons (Fsp3) is 0.447. The zero-order valence-electron chi connectivity index (χ0n) is 36.0. The number of carbonyl (C=O) groups is 3. The number of ether oxygens (including phenoxy) is 1. The number of hydrogen-bond acceptors (Lipinski definition) is 11. The number of nitrogens with zero attached hydrogens (tertiary/aromatic N) is 8. The molecule has 4 N–H and O–H groups in total. The van der Waals surface area contributed by atoms with Crippen LogP contribution in [0.15, 0.2) is 73.1 Å². The van der Waals surface area contributed by atoms with Crippen molar-refractivity contribution in [1.29, 1.82) is 0 Å². The number of piperidine rings is 2. The number of phenols is 1. The number of aromatic hydroxyl groups is 1. The van der Waals surface area contributed by atoms with E-state index in [-0.39, 0.29) is 48.3 Å². The highest BCUT2D eigenvalue weighted by Crippen LogP contribution is 2.38. The van der Waals surface area contributed by atoms with E-state index in [1.807, 2.05) is 65.1 Å². The molecule has 0 bridgehead atoms. The van der Waals surface area contributed by atoms with Crippen molar-refractivity contribution in [3.8, 4) is 17.0 Å². The smallest absolute Gasteiger partial charge is 0.328 e. The molecule has 4 aliphatic rings. The number of likely N-dealkylation sites (tertiary alicyclic amines) is 2. The standard InChI is InChI=1S/C47H55FN10O5/c1-4-31-25-58(45-36(31)21-34(23-50-45)56-20-16-43(60)51-47(56)62)39-15-17-54(26-37(39)48)24-30-13-18-55(19-14-30)46(61)33-11-9-32(10-12-33)42-27-57(28(2)29(3)63-42)40-22-38(52-53-44(40)49)35-7-5-6-8-41(35)59/h5-12,21-23,25,28-30,37,39,42,59H,4,13-20,24,26-27H2,1-3H3,(H2,49,53)(H,51,60,62)/t28-,29+,37+,39-,42+/m0/s1. The number of hydrogen-bond donors (Lipinski definition) is 3. The number of anilines is 3. The Bertz CT molecular complexity index is 2510. The van der Waals surface area contributed by atoms with Gasteiger partial charge in [0.05, 0.1) is 41.5 Å². The molecule has 0 saturated carbocycles. The summed E-state index contributed by atoms with van der Waals surface area (Å²) in [6.07, 6.45) is 5.50. The Hall–Kier alpha value is -6.13. The van der Waals surface area contributed by atoms with Crippen LogP contribution in [0.25, 0.3) is 22.3 Å². The number of fused-ring (bicyclic) bond motifs is 1. The lowest BCUT2D eigenvalue weighted by Crippen LogP contribution is -2.50. The Morgan fingerprint density at radius 3 is 2.49 bits per heavy atom. The number of nitrogens with two attached hydrogens (primary N) is 1. The van der Waals surface area contributed by atoms with Crippen molar-refractivity contribution in [3.05, 3.63) is 89.7 Å². The maximum Gasteiger partial charge on any atom is 0.328 e. The molecule has 0 spiro atoms. The third-order valence-electron chi connectivity index (χ3n) is 13.6. The van der Waals surface area contributed by atoms with Crippen LogP contribution in [0, 0.1) is 5.92 Å². The first-order valence-electron chi connectivity index (χ1n) is 22.2. The lowest BCUT2D eigenvalue weighted by molar-refractivity contribution is -0.120. The average Bonchev–Trinajstić information content (AvgIpc) is 3.65. The van der Waals surface area contributed by atoms with Crippen molar-refractivity contribution in [2.75, 3.05) is 61.3 Å². The molecule has 4 fully saturated rings. The number of aromatic nitrogens is 4. The summed E-state index contributed by atoms with van der Waals surface area (Å²) in [5.41, 5.74) is 12.2. The fourth-order valence-electron chi connectivity index (χ4n) is 9.78. The molecule has 9 rings (SSSR count). The minimum Gasteiger partial charge on any atom is -0.507 e. The van der Waals surface area contributed by atoms with Crippen LogP contribution >= 0.6 is 0 Å². The van der Waals surface area contributed by atoms with Gasteiger partial charge in [-0.1, -0.05) is 31.2 Å². The molecule has 4 aliphatic heterocycles. The van der Waals surface area contributed by atoms with Crippen LogP contribution in [0.4, 0.5) is 26.4 Å². The van der Waals surface area contributed by atoms with Crippen molar-refractivity contribution in [3.63, 3.8) is 0 Å². The Kier molecular flexibility index (Phi) is 11.8. The number of benzene rings is 2. The lowest BCUT2D eigenvalue weighted by Gasteiger charge is -2.43. The summed E-state index contributed by atoms with van der Waals surface area (Å²) >= 11 is 0. The third-order valence-corrected chi connectivity index (χ3v) is 13.6. The van der Waals surface area contributed by atoms with E-state index in [1.165, 1.54) is 4.90 Å². The quantitative estimate of drug-likeness (QED) is 0.152. The van der Waals surface area contributed by atoms with E-state index in [0.29, 0.717) is 79.0 Å². The zero-order valence-corrected chi connectivity index (χ0v) is 36.0. The van der Waals surface area contributed by atoms with E-state index >= 15 is 4.39 Å². The van der Waals surface area contributed by atoms with Crippen LogP contribution in [0.3, 0.4) is 0 Å². The molecule has 5 atom stereocenters. The highest BCUT2D eigenvalue weighted by atomic mass is 19.1. The maximum atomic E-state index is 16.1. The van der Waals surface area contributed by atoms with E-state index in [9.17, 15) is 19.5 Å². The SMILES string of the molecule is CCc1cn([C@H]2CCN(CC3CCN(C(=O)c4ccc([C@H]5CN(c6cc(-c7ccccc7O)nnc6N)[C@@H](C)[C@@H](C)O5)cc4)CC3)C[C@H]2F)c2ncc(N3CCC(=O)NC3=O)cc12. The van der Waals surface area contributed by atoms with E-state index in [4.69, 9.17) is 15.5 Å². The number of imide groups is 1. The van der Waals surface area contributed by atoms with Gasteiger partial charge in [0.25, 0.3) is 5.91 Å². The number of aryl methyl sites for hydroxylation is 1. The van der Waals surface area contributed by atoms with Gasteiger partial charge in [-0.05, 0) is 93.0 Å². The lowest BCUT2D eigenvalue weighted by atomic mass is 9.93. The first kappa shape index (κ1) is 42.2. The molecule has 330 valence electrons. The topological polar surface area (TPSA) is 175 Å². The summed E-state index contributed by atoms with van der Waals surface area (Å²) in [5, 5.41) is 22.2. The van der Waals surface area contributed by atoms with Gasteiger partial charge in [0, 0.05) is 74.9 Å². The molecule has 15 nitrogen and oxygen atoms in total. The summed E-state index contributed by atoms with van der Waals surface area (Å²) < 4.78 is 24.6. The molecule has 0 aliphatic carbocycles. The molecule has 16 heteroatoms. The van der Waals surface area contributed by atoms with Crippen molar-refractivity contribution in [2.24, 2.45) is 5.92 Å². The number of alkyl halides is 1. The van der Waals surface area contributed by atoms with Crippen molar-refractivity contribution in [2.45, 2.75) is 83.3 Å². The number of rotatable bonds is 9. The fourth-order valence-corrected chi connectivity index (χ4v) is 9.78. The van der Waals surface area contributed by atoms with Crippen molar-refractivity contribution < 1.29 is 28.6 Å². The molecular weight excluding hydrogens is 804 g/mol. The van der Waals surface area contributed by atoms with Gasteiger partial charge < -0.3 is 34.8 Å². The first-order valence-corrected chi connectivity index (χ1v) is 22.2. The second-order valence-electron chi connectivity index (χ2n) is 17.5. The molecule has 7 heterocycles. The number of pyridine rings is 1. The van der Waals surface area contributed by atoms with Gasteiger partial charge in [-0.15, -0.1) is 10.2 Å². The van der Waals surface area contributed by atoms with Crippen molar-refractivity contribution >= 4 is 46.1 Å². The predicted molar refractivity (Wildman–Crippen MR) is 238 cm³/mol. The molecule has 3 aromatic heterocycles. The minimum atomic E-state index is -1.08. The van der Waals surface area contributed by atoms with Gasteiger partial charge in [-0.25, -0.2) is 14.2 Å². The Morgan fingerprint density at radius 2 is 1.76 bits per heavy atom. The Labute approximate surface area is 366 Å². The monoisotopic (exact) mass is 858 g/mol. The molecular formula is C47H55FN10O5. The van der Waals surface area contributed by atoms with E-state index in [1.54, 1.807) is 24.4 Å². The minimum absolute atomic E-state index is 0.00515. The van der Waals surface area contributed by atoms with Crippen LogP contribution in [0.1, 0.15) is 80.1 Å². The molecule has 63 heavy (non-hydrogen) atoms. The van der Waals surface area contributed by atoms with Crippen LogP contribution < -0.4 is 20.9 Å². The maximum absolute atomic E-state index is 16.1. The van der Waals surface area contributed by atoms with Gasteiger partial charge >= 0.3 is 6.03 Å². The van der Waals surface area contributed by atoms with E-state index in [0.717, 1.165) is 54.6 Å². The van der Waals surface area contributed by atoms with Crippen LogP contribution in [0.5, 0.6) is 5.75 Å². The summed E-state index contributed by atoms with van der Waals surface area (Å²) in [7, 11) is 0. The van der Waals surface area contributed by atoms with Gasteiger partial charge in [-0.3, -0.25) is 19.8 Å². The predicted octanol–water partition coefficient (Wildman–Crippen LogP) is 6.28. The Balaban J connectivity index is 0.785. The molecule has 4 amide bonds. The number of para-hydroxylation sites is 1. The molecule has 2 aromatic carbocycles. The van der Waals surface area contributed by atoms with E-state index < -0.39 is 12.2 Å². The summed E-state index contributed by atoms with van der Waals surface area (Å²) in [4.78, 5) is 50.5. The van der Waals surface area contributed by atoms with Crippen LogP contribution in [-0.4, -0.2) is 117 Å². The first-order chi connectivity index (χ1) is 30.4. The van der Waals surface area contributed by atoms with E-state index in [2.05, 4.69) is 39.2 Å². The van der Waals surface area contributed by atoms with Gasteiger partial charge in [0.15, 0.2) is 5.82 Å². The number of amides is 4. The third kappa shape index (κ3) is 8.41. The van der Waals surface area contributed by atoms with Crippen LogP contribution in [-0.2, 0) is 16.0 Å². The number of carbonyl (C=O) groups excluding carboxylic acids is 3. The average molecular weight is 859 g/mol. The van der Waals surface area contributed by atoms with Gasteiger partial charge in [0.2, 0.25) is 5.91 Å². The van der Waals surface area contributed by atoms with Gasteiger partial charge in [-0.2, -0.15) is 0 Å². The number of nitrogen functional groups attached to an aromatic ring is 1.